The molecule has 4 aliphatic heterocycles. The zero-order valence-electron chi connectivity index (χ0n) is 51.2. The Bertz CT molecular complexity index is 2920. The summed E-state index contributed by atoms with van der Waals surface area (Å²) in [6.07, 6.45) is 5.82. The predicted molar refractivity (Wildman–Crippen MR) is 335 cm³/mol. The molecule has 2 bridgehead atoms. The smallest absolute Gasteiger partial charge is 0.405 e. The van der Waals surface area contributed by atoms with Crippen LogP contribution in [0.4, 0.5) is 4.79 Å². The number of likely N-dealkylation sites (tertiary alicyclic amines) is 1. The molecular weight excluding hydrogens is 1130 g/mol. The van der Waals surface area contributed by atoms with Gasteiger partial charge in [-0.25, -0.2) is 9.79 Å². The second-order valence-corrected chi connectivity index (χ2v) is 29.6. The molecule has 22 heteroatoms. The second kappa shape index (κ2) is 30.8. The van der Waals surface area contributed by atoms with Crippen molar-refractivity contribution in [3.8, 4) is 0 Å². The summed E-state index contributed by atoms with van der Waals surface area (Å²) in [6.45, 7) is 16.5. The number of hydrogen-bond donors (Lipinski definition) is 6. The van der Waals surface area contributed by atoms with Crippen LogP contribution in [-0.2, 0) is 47.4 Å². The van der Waals surface area contributed by atoms with Gasteiger partial charge in [-0.2, -0.15) is 0 Å². The number of fused-ring (bicyclic) bond motifs is 3. The molecule has 86 heavy (non-hydrogen) atoms. The third kappa shape index (κ3) is 16.9. The number of benzene rings is 2. The van der Waals surface area contributed by atoms with Crippen molar-refractivity contribution in [2.45, 2.75) is 147 Å². The number of primary amides is 1. The maximum Gasteiger partial charge on any atom is 0.405 e. The summed E-state index contributed by atoms with van der Waals surface area (Å²) >= 11 is 1.49. The van der Waals surface area contributed by atoms with Gasteiger partial charge >= 0.3 is 6.09 Å². The first-order valence-corrected chi connectivity index (χ1v) is 32.9. The van der Waals surface area contributed by atoms with E-state index in [1.165, 1.54) is 60.3 Å². The molecule has 0 aromatic heterocycles. The van der Waals surface area contributed by atoms with E-state index in [2.05, 4.69) is 95.5 Å². The summed E-state index contributed by atoms with van der Waals surface area (Å²) in [5.74, 6) is -1.79. The van der Waals surface area contributed by atoms with Crippen LogP contribution in [0.1, 0.15) is 99.8 Å². The number of nitrogens with zero attached hydrogens (tertiary/aromatic N) is 3. The van der Waals surface area contributed by atoms with Crippen LogP contribution in [-0.4, -0.2) is 172 Å². The van der Waals surface area contributed by atoms with Gasteiger partial charge in [-0.15, -0.1) is 11.8 Å². The quantitative estimate of drug-likeness (QED) is 0.0340. The molecule has 7 rings (SSSR count). The van der Waals surface area contributed by atoms with Crippen LogP contribution < -0.4 is 37.4 Å². The molecule has 0 saturated carbocycles. The van der Waals surface area contributed by atoms with Gasteiger partial charge in [0.05, 0.1) is 41.5 Å². The average Bonchev–Trinajstić information content (AvgIpc) is 1.19. The minimum Gasteiger partial charge on any atom is -0.439 e. The fourth-order valence-electron chi connectivity index (χ4n) is 11.9. The Labute approximate surface area is 511 Å². The van der Waals surface area contributed by atoms with Crippen molar-refractivity contribution < 1.29 is 57.3 Å². The minimum absolute atomic E-state index is 0.0229. The fraction of sp³-hybridized carbons (Fsp3) is 0.531. The molecule has 2 fully saturated rings. The van der Waals surface area contributed by atoms with Crippen molar-refractivity contribution in [3.63, 3.8) is 0 Å². The molecule has 0 radical (unpaired) electrons. The molecule has 2 aromatic rings. The van der Waals surface area contributed by atoms with Gasteiger partial charge in [0.15, 0.2) is 12.1 Å². The number of allylic oxidation sites excluding steroid dienone is 4. The van der Waals surface area contributed by atoms with E-state index in [0.29, 0.717) is 30.8 Å². The van der Waals surface area contributed by atoms with Gasteiger partial charge < -0.3 is 55.6 Å². The number of nitrogens with one attached hydrogen (secondary N) is 4. The van der Waals surface area contributed by atoms with Crippen LogP contribution in [0.15, 0.2) is 124 Å². The van der Waals surface area contributed by atoms with Gasteiger partial charge in [-0.3, -0.25) is 33.7 Å². The number of Topliss-reactive ketones (excluding diaryl/α,β-unsaturated/α-hetero) is 1. The number of carbonyl (C=O) groups excluding carboxylic acids is 7. The highest BCUT2D eigenvalue weighted by Gasteiger charge is 2.51. The maximum absolute atomic E-state index is 14.2. The first kappa shape index (κ1) is 66.8. The number of methoxy groups -OCH3 is 2. The molecule has 9 atom stereocenters. The predicted octanol–water partition coefficient (Wildman–Crippen LogP) is 4.87. The van der Waals surface area contributed by atoms with E-state index >= 15 is 0 Å². The highest BCUT2D eigenvalue weighted by atomic mass is 32.2. The van der Waals surface area contributed by atoms with Gasteiger partial charge in [0, 0.05) is 94.7 Å². The number of aliphatic hydroxyl groups excluding tert-OH is 1. The SMILES string of the molecule is CO[C@H]1/C=C\C=C(\C)C(=O)NC2=CC(=O)C(NCCCNC(=O)CCCN3C(=O)CC(SC[C@H]4CCN5CC[C@H](CO[Si](c6ccccc6)(c6ccccc6)C(C)(C)C)N=C5N4)C3=O)=C(C[C@@H](C)C[C@H](OC)[C@H](O)[C@@H](C)/C=C(/C)[C@@H]1OC(N)=O)C2=O. The number of ether oxygens (including phenoxy) is 3. The minimum atomic E-state index is -2.73. The molecule has 1 unspecified atom stereocenters. The number of hydrogen-bond acceptors (Lipinski definition) is 17. The van der Waals surface area contributed by atoms with Crippen molar-refractivity contribution in [2.75, 3.05) is 59.3 Å². The number of aliphatic hydroxyl groups is 1. The molecule has 5 amide bonds. The first-order valence-electron chi connectivity index (χ1n) is 29.9. The number of amides is 5. The first-order chi connectivity index (χ1) is 41.0. The number of rotatable bonds is 20. The Morgan fingerprint density at radius 1 is 0.919 bits per heavy atom. The van der Waals surface area contributed by atoms with Gasteiger partial charge in [-0.05, 0) is 79.3 Å². The molecule has 0 spiro atoms. The third-order valence-corrected chi connectivity index (χ3v) is 23.0. The van der Waals surface area contributed by atoms with Crippen LogP contribution in [0.5, 0.6) is 0 Å². The summed E-state index contributed by atoms with van der Waals surface area (Å²) in [4.78, 5) is 102. The lowest BCUT2D eigenvalue weighted by atomic mass is 9.85. The highest BCUT2D eigenvalue weighted by Crippen LogP contribution is 2.38. The Morgan fingerprint density at radius 3 is 2.26 bits per heavy atom. The highest BCUT2D eigenvalue weighted by molar-refractivity contribution is 8.00. The zero-order valence-corrected chi connectivity index (χ0v) is 53.0. The number of guanidine groups is 1. The Morgan fingerprint density at radius 2 is 1.60 bits per heavy atom. The third-order valence-electron chi connectivity index (χ3n) is 16.6. The number of carbonyl (C=O) groups is 7. The second-order valence-electron chi connectivity index (χ2n) is 24.1. The summed E-state index contributed by atoms with van der Waals surface area (Å²) in [7, 11) is 0.157. The molecule has 20 nitrogen and oxygen atoms in total. The molecule has 5 aliphatic rings. The lowest BCUT2D eigenvalue weighted by molar-refractivity contribution is -0.138. The number of aliphatic imine (C=N–C) groups is 1. The van der Waals surface area contributed by atoms with Crippen LogP contribution in [0.3, 0.4) is 0 Å². The molecule has 4 heterocycles. The molecule has 1 aliphatic carbocycles. The largest absolute Gasteiger partial charge is 0.439 e. The average molecular weight is 1220 g/mol. The molecule has 2 saturated heterocycles. The topological polar surface area (TPSA) is 270 Å². The van der Waals surface area contributed by atoms with E-state index < -0.39 is 67.5 Å². The van der Waals surface area contributed by atoms with Crippen LogP contribution in [0.2, 0.25) is 5.04 Å². The van der Waals surface area contributed by atoms with Crippen molar-refractivity contribution in [1.82, 2.24) is 31.1 Å². The number of nitrogens with two attached hydrogens (primary N) is 1. The maximum atomic E-state index is 14.2. The zero-order chi connectivity index (χ0) is 62.3. The van der Waals surface area contributed by atoms with Crippen molar-refractivity contribution in [3.05, 3.63) is 119 Å². The molecule has 7 N–H and O–H groups in total. The van der Waals surface area contributed by atoms with Crippen molar-refractivity contribution in [2.24, 2.45) is 22.6 Å². The van der Waals surface area contributed by atoms with Crippen LogP contribution in [0, 0.1) is 11.8 Å². The van der Waals surface area contributed by atoms with E-state index in [9.17, 15) is 38.7 Å². The molecular formula is C64H88N8O12SSi. The summed E-state index contributed by atoms with van der Waals surface area (Å²) < 4.78 is 24.1. The number of ketones is 2. The number of thioether (sulfide) groups is 1. The summed E-state index contributed by atoms with van der Waals surface area (Å²) in [5.41, 5.74) is 6.19. The van der Waals surface area contributed by atoms with E-state index in [1.54, 1.807) is 26.0 Å². The number of imide groups is 1. The Hall–Kier alpha value is -6.69. The van der Waals surface area contributed by atoms with Crippen LogP contribution in [0.25, 0.3) is 0 Å². The standard InChI is InChI=1S/C64H88N8O12SSi/c1-40-33-48-56(50(73)36-49(58(48)77)70-60(78)41(2)19-16-24-51(81-8)59(84-62(65)80)43(4)35-42(3)57(76)52(34-40)82-9)67-29-18-28-66-54(74)25-17-30-72-55(75)37-53(61(72)79)85-39-45-27-32-71-31-26-44(68-63(71)69-45)38-83-86(64(5,6)7,46-20-12-10-13-21-46)47-22-14-11-15-23-47/h10-16,19-24,35-36,40,42,44-45,51-53,57,59,67,76H,17-18,25-34,37-39H2,1-9H3,(H2,65,80)(H,66,74)(H,68,69)(H,70,78)/b24-16-,41-19-,43-35-/t40-,42+,44-,45-,51+,52+,53?,57-,59+/m1/s1. The summed E-state index contributed by atoms with van der Waals surface area (Å²) in [5, 5.41) is 25.6. The normalized spacial score (nSPS) is 27.1. The van der Waals surface area contributed by atoms with Gasteiger partial charge in [0.2, 0.25) is 29.3 Å². The lowest BCUT2D eigenvalue weighted by Crippen LogP contribution is -2.67. The fourth-order valence-corrected chi connectivity index (χ4v) is 17.8. The molecule has 2 aromatic carbocycles. The van der Waals surface area contributed by atoms with Gasteiger partial charge in [-0.1, -0.05) is 120 Å². The Balaban J connectivity index is 0.883. The van der Waals surface area contributed by atoms with Crippen LogP contribution >= 0.6 is 11.8 Å². The molecule has 466 valence electrons. The van der Waals surface area contributed by atoms with E-state index in [-0.39, 0.29) is 109 Å². The van der Waals surface area contributed by atoms with E-state index in [1.807, 2.05) is 19.1 Å². The Kier molecular flexibility index (Phi) is 23.9. The van der Waals surface area contributed by atoms with Gasteiger partial charge in [0.25, 0.3) is 14.2 Å². The van der Waals surface area contributed by atoms with E-state index in [4.69, 9.17) is 29.4 Å². The monoisotopic (exact) mass is 1220 g/mol. The lowest BCUT2D eigenvalue weighted by Gasteiger charge is -2.44. The van der Waals surface area contributed by atoms with E-state index in [0.717, 1.165) is 38.0 Å². The van der Waals surface area contributed by atoms with Gasteiger partial charge in [0.1, 0.15) is 6.10 Å². The van der Waals surface area contributed by atoms with Crippen molar-refractivity contribution in [1.29, 1.82) is 0 Å². The van der Waals surface area contributed by atoms with Crippen molar-refractivity contribution >= 4 is 77.7 Å². The summed E-state index contributed by atoms with van der Waals surface area (Å²) in [6, 6.07) is 21.3.